The highest BCUT2D eigenvalue weighted by molar-refractivity contribution is 5.72. The Morgan fingerprint density at radius 3 is 2.40 bits per heavy atom. The highest BCUT2D eigenvalue weighted by atomic mass is 16.6. The largest absolute Gasteiger partial charge is 0.481 e. The summed E-state index contributed by atoms with van der Waals surface area (Å²) >= 11 is 0. The Hall–Kier alpha value is -3.42. The molecule has 1 unspecified atom stereocenters. The number of aliphatic carboxylic acids is 1. The number of nitro benzene ring substituents is 1. The predicted molar refractivity (Wildman–Crippen MR) is 87.9 cm³/mol. The molecule has 2 aromatic rings. The maximum atomic E-state index is 12.0. The van der Waals surface area contributed by atoms with Crippen LogP contribution in [0.4, 0.5) is 10.5 Å². The monoisotopic (exact) mass is 344 g/mol. The minimum Gasteiger partial charge on any atom is -0.481 e. The van der Waals surface area contributed by atoms with Crippen LogP contribution in [0.15, 0.2) is 54.6 Å². The number of nitrogens with one attached hydrogen (secondary N) is 1. The Balaban J connectivity index is 2.11. The topological polar surface area (TPSA) is 119 Å². The fourth-order valence-electron chi connectivity index (χ4n) is 2.27. The van der Waals surface area contributed by atoms with Crippen LogP contribution < -0.4 is 5.32 Å². The van der Waals surface area contributed by atoms with Gasteiger partial charge in [0, 0.05) is 6.07 Å². The summed E-state index contributed by atoms with van der Waals surface area (Å²) in [7, 11) is 0. The maximum Gasteiger partial charge on any atom is 0.407 e. The van der Waals surface area contributed by atoms with Gasteiger partial charge in [0.25, 0.3) is 5.69 Å². The average Bonchev–Trinajstić information content (AvgIpc) is 2.60. The number of nitrogens with zero attached hydrogens (tertiary/aromatic N) is 1. The number of benzene rings is 2. The van der Waals surface area contributed by atoms with Crippen LogP contribution in [0.5, 0.6) is 0 Å². The SMILES string of the molecule is O=C(O)CC(NC(=O)OCc1ccccc1)c1ccccc1[N+](=O)[O-]. The molecule has 1 atom stereocenters. The van der Waals surface area contributed by atoms with Gasteiger partial charge in [0.1, 0.15) is 6.61 Å². The third-order valence-corrected chi connectivity index (χ3v) is 3.39. The zero-order chi connectivity index (χ0) is 18.2. The number of para-hydroxylation sites is 1. The number of carbonyl (C=O) groups excluding carboxylic acids is 1. The van der Waals surface area contributed by atoms with E-state index in [9.17, 15) is 19.7 Å². The van der Waals surface area contributed by atoms with E-state index in [2.05, 4.69) is 5.32 Å². The first-order valence-corrected chi connectivity index (χ1v) is 7.39. The van der Waals surface area contributed by atoms with E-state index < -0.39 is 29.4 Å². The third-order valence-electron chi connectivity index (χ3n) is 3.39. The molecule has 25 heavy (non-hydrogen) atoms. The standard InChI is InChI=1S/C17H16N2O6/c20-16(21)10-14(13-8-4-5-9-15(13)19(23)24)18-17(22)25-11-12-6-2-1-3-7-12/h1-9,14H,10-11H2,(H,18,22)(H,20,21). The molecule has 2 rings (SSSR count). The van der Waals surface area contributed by atoms with E-state index in [1.54, 1.807) is 24.3 Å². The number of carbonyl (C=O) groups is 2. The molecule has 130 valence electrons. The van der Waals surface area contributed by atoms with Crippen LogP contribution in [0.2, 0.25) is 0 Å². The molecule has 0 aliphatic carbocycles. The molecule has 8 nitrogen and oxygen atoms in total. The van der Waals surface area contributed by atoms with E-state index in [0.29, 0.717) is 0 Å². The van der Waals surface area contributed by atoms with Gasteiger partial charge in [0.15, 0.2) is 0 Å². The van der Waals surface area contributed by atoms with Gasteiger partial charge in [-0.05, 0) is 5.56 Å². The summed E-state index contributed by atoms with van der Waals surface area (Å²) in [5, 5.41) is 22.5. The average molecular weight is 344 g/mol. The normalized spacial score (nSPS) is 11.4. The molecular formula is C17H16N2O6. The van der Waals surface area contributed by atoms with E-state index in [-0.39, 0.29) is 17.9 Å². The molecule has 0 saturated carbocycles. The second-order valence-electron chi connectivity index (χ2n) is 5.17. The molecule has 0 radical (unpaired) electrons. The second kappa shape index (κ2) is 8.44. The molecule has 0 bridgehead atoms. The van der Waals surface area contributed by atoms with Crippen molar-refractivity contribution in [1.29, 1.82) is 0 Å². The summed E-state index contributed by atoms with van der Waals surface area (Å²) in [5.41, 5.74) is 0.599. The van der Waals surface area contributed by atoms with Crippen LogP contribution in [0.25, 0.3) is 0 Å². The molecule has 0 aromatic heterocycles. The minimum absolute atomic E-state index is 0.00332. The third kappa shape index (κ3) is 5.31. The Labute approximate surface area is 143 Å². The van der Waals surface area contributed by atoms with Crippen molar-refractivity contribution in [3.05, 3.63) is 75.8 Å². The van der Waals surface area contributed by atoms with Crippen molar-refractivity contribution in [3.8, 4) is 0 Å². The Kier molecular flexibility index (Phi) is 6.05. The second-order valence-corrected chi connectivity index (χ2v) is 5.17. The lowest BCUT2D eigenvalue weighted by Gasteiger charge is -2.17. The first-order valence-electron chi connectivity index (χ1n) is 7.39. The summed E-state index contributed by atoms with van der Waals surface area (Å²) in [6, 6.07) is 13.5. The lowest BCUT2D eigenvalue weighted by Crippen LogP contribution is -2.31. The van der Waals surface area contributed by atoms with Gasteiger partial charge in [-0.3, -0.25) is 14.9 Å². The lowest BCUT2D eigenvalue weighted by atomic mass is 10.0. The number of alkyl carbamates (subject to hydrolysis) is 1. The van der Waals surface area contributed by atoms with Crippen LogP contribution >= 0.6 is 0 Å². The summed E-state index contributed by atoms with van der Waals surface area (Å²) in [6.45, 7) is 0.00332. The number of ether oxygens (including phenoxy) is 1. The smallest absolute Gasteiger partial charge is 0.407 e. The molecule has 0 aliphatic rings. The van der Waals surface area contributed by atoms with Crippen molar-refractivity contribution in [2.75, 3.05) is 0 Å². The van der Waals surface area contributed by atoms with Crippen molar-refractivity contribution in [2.24, 2.45) is 0 Å². The number of amides is 1. The lowest BCUT2D eigenvalue weighted by molar-refractivity contribution is -0.385. The van der Waals surface area contributed by atoms with Crippen LogP contribution in [0.1, 0.15) is 23.6 Å². The number of hydrogen-bond acceptors (Lipinski definition) is 5. The van der Waals surface area contributed by atoms with E-state index in [0.717, 1.165) is 5.56 Å². The first-order chi connectivity index (χ1) is 12.0. The molecule has 0 spiro atoms. The van der Waals surface area contributed by atoms with Gasteiger partial charge in [0.05, 0.1) is 22.9 Å². The van der Waals surface area contributed by atoms with Gasteiger partial charge in [0.2, 0.25) is 0 Å². The van der Waals surface area contributed by atoms with Gasteiger partial charge in [-0.25, -0.2) is 4.79 Å². The highest BCUT2D eigenvalue weighted by Gasteiger charge is 2.25. The zero-order valence-corrected chi connectivity index (χ0v) is 13.1. The quantitative estimate of drug-likeness (QED) is 0.588. The van der Waals surface area contributed by atoms with Gasteiger partial charge < -0.3 is 15.2 Å². The number of carboxylic acids is 1. The number of carboxylic acid groups (broad SMARTS) is 1. The van der Waals surface area contributed by atoms with Crippen LogP contribution in [-0.4, -0.2) is 22.1 Å². The van der Waals surface area contributed by atoms with Crippen molar-refractivity contribution in [1.82, 2.24) is 5.32 Å². The summed E-state index contributed by atoms with van der Waals surface area (Å²) in [4.78, 5) is 33.5. The van der Waals surface area contributed by atoms with Crippen LogP contribution in [-0.2, 0) is 16.1 Å². The van der Waals surface area contributed by atoms with E-state index >= 15 is 0 Å². The molecule has 2 N–H and O–H groups in total. The summed E-state index contributed by atoms with van der Waals surface area (Å²) in [6.07, 6.45) is -1.36. The zero-order valence-electron chi connectivity index (χ0n) is 13.1. The number of hydrogen-bond donors (Lipinski definition) is 2. The predicted octanol–water partition coefficient (Wildman–Crippen LogP) is 3.04. The molecule has 8 heteroatoms. The van der Waals surface area contributed by atoms with Crippen molar-refractivity contribution in [3.63, 3.8) is 0 Å². The first kappa shape index (κ1) is 17.9. The molecule has 1 amide bonds. The van der Waals surface area contributed by atoms with E-state index in [1.807, 2.05) is 6.07 Å². The van der Waals surface area contributed by atoms with Gasteiger partial charge in [-0.1, -0.05) is 48.5 Å². The van der Waals surface area contributed by atoms with Crippen LogP contribution in [0.3, 0.4) is 0 Å². The summed E-state index contributed by atoms with van der Waals surface area (Å²) in [5.74, 6) is -1.20. The Bertz CT molecular complexity index is 763. The Morgan fingerprint density at radius 1 is 1.12 bits per heavy atom. The Morgan fingerprint density at radius 2 is 1.76 bits per heavy atom. The fourth-order valence-corrected chi connectivity index (χ4v) is 2.27. The molecule has 2 aromatic carbocycles. The van der Waals surface area contributed by atoms with Gasteiger partial charge in [-0.15, -0.1) is 0 Å². The number of nitro groups is 1. The van der Waals surface area contributed by atoms with Crippen molar-refractivity contribution in [2.45, 2.75) is 19.1 Å². The maximum absolute atomic E-state index is 12.0. The van der Waals surface area contributed by atoms with E-state index in [4.69, 9.17) is 9.84 Å². The van der Waals surface area contributed by atoms with Gasteiger partial charge >= 0.3 is 12.1 Å². The molecule has 0 heterocycles. The van der Waals surface area contributed by atoms with Crippen molar-refractivity contribution >= 4 is 17.7 Å². The number of rotatable bonds is 7. The molecule has 0 fully saturated rings. The highest BCUT2D eigenvalue weighted by Crippen LogP contribution is 2.27. The summed E-state index contributed by atoms with van der Waals surface area (Å²) < 4.78 is 5.05. The molecule has 0 saturated heterocycles. The fraction of sp³-hybridized carbons (Fsp3) is 0.176. The molecular weight excluding hydrogens is 328 g/mol. The van der Waals surface area contributed by atoms with Crippen LogP contribution in [0, 0.1) is 10.1 Å². The van der Waals surface area contributed by atoms with Gasteiger partial charge in [-0.2, -0.15) is 0 Å². The molecule has 0 aliphatic heterocycles. The van der Waals surface area contributed by atoms with E-state index in [1.165, 1.54) is 24.3 Å². The minimum atomic E-state index is -1.20. The van der Waals surface area contributed by atoms with Crippen molar-refractivity contribution < 1.29 is 24.4 Å².